The number of aryl methyl sites for hydroxylation is 1. The largest absolute Gasteiger partial charge is 0.326 e. The van der Waals surface area contributed by atoms with E-state index in [4.69, 9.17) is 0 Å². The summed E-state index contributed by atoms with van der Waals surface area (Å²) in [4.78, 5) is 43.4. The number of pyridine rings is 1. The Balaban J connectivity index is 1.38. The number of amides is 3. The van der Waals surface area contributed by atoms with Crippen LogP contribution in [0.3, 0.4) is 0 Å². The predicted molar refractivity (Wildman–Crippen MR) is 129 cm³/mol. The van der Waals surface area contributed by atoms with Crippen molar-refractivity contribution in [3.63, 3.8) is 0 Å². The molecule has 0 radical (unpaired) electrons. The van der Waals surface area contributed by atoms with Crippen LogP contribution in [0, 0.1) is 5.92 Å². The first-order chi connectivity index (χ1) is 16.1. The summed E-state index contributed by atoms with van der Waals surface area (Å²) in [6.07, 6.45) is 8.79. The van der Waals surface area contributed by atoms with E-state index in [2.05, 4.69) is 20.9 Å². The third-order valence-electron chi connectivity index (χ3n) is 5.89. The normalized spacial score (nSPS) is 14.8. The monoisotopic (exact) mass is 460 g/mol. The van der Waals surface area contributed by atoms with E-state index in [9.17, 15) is 14.4 Å². The van der Waals surface area contributed by atoms with Gasteiger partial charge in [0.05, 0.1) is 11.1 Å². The molecule has 0 saturated heterocycles. The van der Waals surface area contributed by atoms with Gasteiger partial charge >= 0.3 is 0 Å². The van der Waals surface area contributed by atoms with Crippen LogP contribution in [0.1, 0.15) is 56.8 Å². The number of nitrogens with one attached hydrogen (secondary N) is 3. The number of fused-ring (bicyclic) bond motifs is 1. The first-order valence-electron chi connectivity index (χ1n) is 11.2. The zero-order chi connectivity index (χ0) is 22.8. The Hall–Kier alpha value is -3.52. The highest BCUT2D eigenvalue weighted by atomic mass is 32.1. The van der Waals surface area contributed by atoms with Crippen LogP contribution in [0.5, 0.6) is 0 Å². The number of carbonyl (C=O) groups excluding carboxylic acids is 3. The fourth-order valence-corrected chi connectivity index (χ4v) is 5.31. The van der Waals surface area contributed by atoms with Crippen LogP contribution in [-0.4, -0.2) is 22.7 Å². The lowest BCUT2D eigenvalue weighted by atomic mass is 9.95. The zero-order valence-corrected chi connectivity index (χ0v) is 18.8. The van der Waals surface area contributed by atoms with Crippen LogP contribution in [0.2, 0.25) is 0 Å². The van der Waals surface area contributed by atoms with Crippen LogP contribution in [0.4, 0.5) is 16.4 Å². The highest BCUT2D eigenvalue weighted by molar-refractivity contribution is 7.17. The topological polar surface area (TPSA) is 100 Å². The standard InChI is InChI=1S/C25H24N4O3S/c30-22(15-10-11-15)27-17-6-3-7-18(13-17)28-24(32)21-19-8-1-2-9-20(19)33-25(21)29-23(31)16-5-4-12-26-14-16/h3-7,12-15H,1-2,8-11H2,(H,27,30)(H,28,32)(H,29,31). The number of anilines is 3. The molecule has 3 amide bonds. The minimum Gasteiger partial charge on any atom is -0.326 e. The molecule has 2 aliphatic carbocycles. The van der Waals surface area contributed by atoms with Crippen molar-refractivity contribution in [2.45, 2.75) is 38.5 Å². The molecule has 0 atom stereocenters. The molecule has 2 aliphatic rings. The summed E-state index contributed by atoms with van der Waals surface area (Å²) in [5.41, 5.74) is 3.23. The summed E-state index contributed by atoms with van der Waals surface area (Å²) in [5, 5.41) is 9.36. The van der Waals surface area contributed by atoms with E-state index in [1.807, 2.05) is 6.07 Å². The molecule has 1 aromatic carbocycles. The maximum Gasteiger partial charge on any atom is 0.258 e. The maximum atomic E-state index is 13.4. The lowest BCUT2D eigenvalue weighted by molar-refractivity contribution is -0.117. The number of hydrogen-bond donors (Lipinski definition) is 3. The van der Waals surface area contributed by atoms with Gasteiger partial charge in [0.15, 0.2) is 0 Å². The molecule has 0 aliphatic heterocycles. The molecule has 1 fully saturated rings. The van der Waals surface area contributed by atoms with E-state index in [1.165, 1.54) is 17.5 Å². The van der Waals surface area contributed by atoms with E-state index in [0.29, 0.717) is 27.5 Å². The molecule has 2 aromatic heterocycles. The summed E-state index contributed by atoms with van der Waals surface area (Å²) >= 11 is 1.48. The van der Waals surface area contributed by atoms with E-state index in [0.717, 1.165) is 49.0 Å². The van der Waals surface area contributed by atoms with Gasteiger partial charge in [-0.1, -0.05) is 6.07 Å². The molecule has 1 saturated carbocycles. The van der Waals surface area contributed by atoms with Crippen molar-refractivity contribution in [1.29, 1.82) is 0 Å². The van der Waals surface area contributed by atoms with Crippen molar-refractivity contribution >= 4 is 45.4 Å². The Morgan fingerprint density at radius 3 is 2.45 bits per heavy atom. The summed E-state index contributed by atoms with van der Waals surface area (Å²) in [6.45, 7) is 0. The number of benzene rings is 1. The third kappa shape index (κ3) is 4.80. The van der Waals surface area contributed by atoms with Crippen molar-refractivity contribution in [2.24, 2.45) is 5.92 Å². The Morgan fingerprint density at radius 2 is 1.70 bits per heavy atom. The van der Waals surface area contributed by atoms with E-state index >= 15 is 0 Å². The van der Waals surface area contributed by atoms with Gasteiger partial charge in [0.1, 0.15) is 5.00 Å². The van der Waals surface area contributed by atoms with E-state index in [-0.39, 0.29) is 23.6 Å². The second-order valence-electron chi connectivity index (χ2n) is 8.41. The fourth-order valence-electron chi connectivity index (χ4n) is 4.02. The maximum absolute atomic E-state index is 13.4. The van der Waals surface area contributed by atoms with Crippen molar-refractivity contribution in [3.05, 3.63) is 70.4 Å². The Kier molecular flexibility index (Phi) is 5.92. The van der Waals surface area contributed by atoms with Gasteiger partial charge in [-0.05, 0) is 74.4 Å². The van der Waals surface area contributed by atoms with Crippen molar-refractivity contribution in [1.82, 2.24) is 4.98 Å². The molecular weight excluding hydrogens is 436 g/mol. The van der Waals surface area contributed by atoms with Crippen LogP contribution in [-0.2, 0) is 17.6 Å². The van der Waals surface area contributed by atoms with Gasteiger partial charge < -0.3 is 16.0 Å². The lowest BCUT2D eigenvalue weighted by Gasteiger charge is -2.14. The first-order valence-corrected chi connectivity index (χ1v) is 12.0. The minimum absolute atomic E-state index is 0.0192. The smallest absolute Gasteiger partial charge is 0.258 e. The molecule has 7 nitrogen and oxygen atoms in total. The molecular formula is C25H24N4O3S. The molecule has 8 heteroatoms. The molecule has 33 heavy (non-hydrogen) atoms. The lowest BCUT2D eigenvalue weighted by Crippen LogP contribution is -2.19. The van der Waals surface area contributed by atoms with Gasteiger partial charge in [0.2, 0.25) is 5.91 Å². The predicted octanol–water partition coefficient (Wildman–Crippen LogP) is 4.88. The highest BCUT2D eigenvalue weighted by Gasteiger charge is 2.30. The number of hydrogen-bond acceptors (Lipinski definition) is 5. The Bertz CT molecular complexity index is 1220. The second kappa shape index (κ2) is 9.15. The van der Waals surface area contributed by atoms with E-state index in [1.54, 1.807) is 36.5 Å². The van der Waals surface area contributed by atoms with Gasteiger partial charge in [0, 0.05) is 34.6 Å². The molecule has 3 aromatic rings. The molecule has 2 heterocycles. The van der Waals surface area contributed by atoms with Crippen molar-refractivity contribution in [3.8, 4) is 0 Å². The van der Waals surface area contributed by atoms with Crippen LogP contribution < -0.4 is 16.0 Å². The molecule has 3 N–H and O–H groups in total. The summed E-state index contributed by atoms with van der Waals surface area (Å²) < 4.78 is 0. The van der Waals surface area contributed by atoms with Crippen molar-refractivity contribution in [2.75, 3.05) is 16.0 Å². The van der Waals surface area contributed by atoms with Gasteiger partial charge in [-0.2, -0.15) is 0 Å². The van der Waals surface area contributed by atoms with Gasteiger partial charge in [-0.15, -0.1) is 11.3 Å². The average Bonchev–Trinajstić information content (AvgIpc) is 3.61. The molecule has 168 valence electrons. The van der Waals surface area contributed by atoms with E-state index < -0.39 is 0 Å². The first kappa shape index (κ1) is 21.3. The highest BCUT2D eigenvalue weighted by Crippen LogP contribution is 2.39. The molecule has 0 spiro atoms. The second-order valence-corrected chi connectivity index (χ2v) is 9.51. The number of carbonyl (C=O) groups is 3. The number of nitrogens with zero attached hydrogens (tertiary/aromatic N) is 1. The third-order valence-corrected chi connectivity index (χ3v) is 7.09. The van der Waals surface area contributed by atoms with Crippen LogP contribution >= 0.6 is 11.3 Å². The summed E-state index contributed by atoms with van der Waals surface area (Å²) in [7, 11) is 0. The number of thiophene rings is 1. The molecule has 0 unspecified atom stereocenters. The number of rotatable bonds is 6. The fraction of sp³-hybridized carbons (Fsp3) is 0.280. The quantitative estimate of drug-likeness (QED) is 0.488. The van der Waals surface area contributed by atoms with Gasteiger partial charge in [-0.25, -0.2) is 0 Å². The molecule has 0 bridgehead atoms. The zero-order valence-electron chi connectivity index (χ0n) is 18.0. The van der Waals surface area contributed by atoms with Gasteiger partial charge in [0.25, 0.3) is 11.8 Å². The summed E-state index contributed by atoms with van der Waals surface area (Å²) in [5.74, 6) is -0.431. The Morgan fingerprint density at radius 1 is 0.909 bits per heavy atom. The van der Waals surface area contributed by atoms with Crippen LogP contribution in [0.25, 0.3) is 0 Å². The average molecular weight is 461 g/mol. The van der Waals surface area contributed by atoms with Gasteiger partial charge in [-0.3, -0.25) is 19.4 Å². The van der Waals surface area contributed by atoms with Crippen molar-refractivity contribution < 1.29 is 14.4 Å². The molecule has 5 rings (SSSR count). The SMILES string of the molecule is O=C(Nc1sc2c(c1C(=O)Nc1cccc(NC(=O)C3CC3)c1)CCCC2)c1cccnc1. The number of aromatic nitrogens is 1. The summed E-state index contributed by atoms with van der Waals surface area (Å²) in [6, 6.07) is 10.5. The van der Waals surface area contributed by atoms with Crippen LogP contribution in [0.15, 0.2) is 48.8 Å². The minimum atomic E-state index is -0.291. The Labute approximate surface area is 195 Å².